The van der Waals surface area contributed by atoms with Crippen molar-refractivity contribution in [1.29, 1.82) is 0 Å². The molecule has 1 saturated heterocycles. The molecule has 3 rings (SSSR count). The molecule has 1 N–H and O–H groups in total. The molecule has 7 nitrogen and oxygen atoms in total. The second-order valence-electron chi connectivity index (χ2n) is 5.47. The predicted molar refractivity (Wildman–Crippen MR) is 86.4 cm³/mol. The Kier molecular flexibility index (Phi) is 4.27. The van der Waals surface area contributed by atoms with Crippen molar-refractivity contribution < 1.29 is 14.3 Å². The van der Waals surface area contributed by atoms with Gasteiger partial charge in [-0.2, -0.15) is 0 Å². The minimum absolute atomic E-state index is 0.171. The van der Waals surface area contributed by atoms with Crippen LogP contribution in [0.3, 0.4) is 0 Å². The van der Waals surface area contributed by atoms with Gasteiger partial charge in [-0.3, -0.25) is 14.6 Å². The second kappa shape index (κ2) is 6.21. The van der Waals surface area contributed by atoms with Crippen molar-refractivity contribution in [3.05, 3.63) is 23.5 Å². The lowest BCUT2D eigenvalue weighted by Crippen LogP contribution is -2.59. The Morgan fingerprint density at radius 1 is 1.52 bits per heavy atom. The van der Waals surface area contributed by atoms with Crippen LogP contribution < -0.4 is 5.32 Å². The normalized spacial score (nSPS) is 20.9. The van der Waals surface area contributed by atoms with Gasteiger partial charge in [0.25, 0.3) is 5.91 Å². The Morgan fingerprint density at radius 2 is 2.35 bits per heavy atom. The maximum Gasteiger partial charge on any atom is 0.283 e. The third kappa shape index (κ3) is 2.57. The molecule has 0 saturated carbocycles. The number of ether oxygens (including phenoxy) is 1. The van der Waals surface area contributed by atoms with Crippen molar-refractivity contribution in [2.45, 2.75) is 18.4 Å². The summed E-state index contributed by atoms with van der Waals surface area (Å²) in [4.78, 5) is 35.4. The molecule has 1 aliphatic rings. The Labute approximate surface area is 137 Å². The molecule has 0 radical (unpaired) electrons. The van der Waals surface area contributed by atoms with Crippen LogP contribution in [-0.2, 0) is 9.53 Å². The van der Waals surface area contributed by atoms with Gasteiger partial charge < -0.3 is 15.0 Å². The summed E-state index contributed by atoms with van der Waals surface area (Å²) in [6.45, 7) is 0.689. The van der Waals surface area contributed by atoms with Crippen LogP contribution in [0.4, 0.5) is 0 Å². The van der Waals surface area contributed by atoms with Crippen LogP contribution in [0, 0.1) is 0 Å². The highest BCUT2D eigenvalue weighted by Crippen LogP contribution is 2.33. The van der Waals surface area contributed by atoms with Gasteiger partial charge in [-0.05, 0) is 18.9 Å². The fourth-order valence-electron chi connectivity index (χ4n) is 3.08. The van der Waals surface area contributed by atoms with E-state index in [4.69, 9.17) is 4.74 Å². The number of amides is 2. The molecule has 122 valence electrons. The number of nitrogens with zero attached hydrogens (tertiary/aromatic N) is 3. The Bertz CT molecular complexity index is 714. The molecule has 8 heteroatoms. The topological polar surface area (TPSA) is 84.4 Å². The van der Waals surface area contributed by atoms with E-state index >= 15 is 0 Å². The van der Waals surface area contributed by atoms with Gasteiger partial charge in [-0.15, -0.1) is 11.3 Å². The first-order valence-corrected chi connectivity index (χ1v) is 8.17. The molecule has 1 atom stereocenters. The zero-order chi connectivity index (χ0) is 16.4. The number of carbonyl (C=O) groups is 2. The van der Waals surface area contributed by atoms with E-state index in [1.807, 2.05) is 6.07 Å². The Hall–Kier alpha value is -2.06. The zero-order valence-electron chi connectivity index (χ0n) is 13.0. The maximum absolute atomic E-state index is 12.9. The van der Waals surface area contributed by atoms with Crippen LogP contribution in [0.5, 0.6) is 0 Å². The SMILES string of the molecule is CNC(=O)C1(COC)CCCN1C(=O)c1nc2cnccc2s1. The van der Waals surface area contributed by atoms with Crippen LogP contribution in [0.2, 0.25) is 0 Å². The zero-order valence-corrected chi connectivity index (χ0v) is 13.9. The number of pyridine rings is 1. The summed E-state index contributed by atoms with van der Waals surface area (Å²) in [7, 11) is 3.11. The number of hydrogen-bond acceptors (Lipinski definition) is 6. The average molecular weight is 334 g/mol. The number of likely N-dealkylation sites (tertiary alicyclic amines) is 1. The standard InChI is InChI=1S/C15H18N4O3S/c1-16-14(21)15(9-22-2)5-3-7-19(15)13(20)12-18-10-8-17-6-4-11(10)23-12/h4,6,8H,3,5,7,9H2,1-2H3,(H,16,21). The fourth-order valence-corrected chi connectivity index (χ4v) is 3.97. The number of likely N-dealkylation sites (N-methyl/N-ethyl adjacent to an activating group) is 1. The molecular weight excluding hydrogens is 316 g/mol. The van der Waals surface area contributed by atoms with E-state index in [0.717, 1.165) is 11.1 Å². The van der Waals surface area contributed by atoms with Gasteiger partial charge in [0.1, 0.15) is 11.1 Å². The van der Waals surface area contributed by atoms with Crippen LogP contribution in [0.15, 0.2) is 18.5 Å². The second-order valence-corrected chi connectivity index (χ2v) is 6.50. The minimum atomic E-state index is -0.962. The number of carbonyl (C=O) groups excluding carboxylic acids is 2. The summed E-state index contributed by atoms with van der Waals surface area (Å²) in [5, 5.41) is 3.03. The summed E-state index contributed by atoms with van der Waals surface area (Å²) in [5.41, 5.74) is -0.270. The van der Waals surface area contributed by atoms with E-state index in [2.05, 4.69) is 15.3 Å². The number of aromatic nitrogens is 2. The van der Waals surface area contributed by atoms with Crippen molar-refractivity contribution in [2.75, 3.05) is 27.3 Å². The Morgan fingerprint density at radius 3 is 3.04 bits per heavy atom. The predicted octanol–water partition coefficient (Wildman–Crippen LogP) is 1.06. The third-order valence-corrected chi connectivity index (χ3v) is 5.16. The molecule has 23 heavy (non-hydrogen) atoms. The number of nitrogens with one attached hydrogen (secondary N) is 1. The quantitative estimate of drug-likeness (QED) is 0.904. The van der Waals surface area contributed by atoms with E-state index in [9.17, 15) is 9.59 Å². The molecule has 2 aromatic rings. The summed E-state index contributed by atoms with van der Waals surface area (Å²) < 4.78 is 6.15. The van der Waals surface area contributed by atoms with Gasteiger partial charge in [-0.25, -0.2) is 4.98 Å². The van der Waals surface area contributed by atoms with Crippen LogP contribution in [-0.4, -0.2) is 59.5 Å². The van der Waals surface area contributed by atoms with E-state index in [0.29, 0.717) is 23.5 Å². The summed E-state index contributed by atoms with van der Waals surface area (Å²) in [6.07, 6.45) is 4.64. The molecule has 0 spiro atoms. The van der Waals surface area contributed by atoms with Crippen molar-refractivity contribution in [3.8, 4) is 0 Å². The maximum atomic E-state index is 12.9. The first kappa shape index (κ1) is 15.8. The highest BCUT2D eigenvalue weighted by atomic mass is 32.1. The molecular formula is C15H18N4O3S. The number of methoxy groups -OCH3 is 1. The van der Waals surface area contributed by atoms with Gasteiger partial charge in [0.15, 0.2) is 5.01 Å². The summed E-state index contributed by atoms with van der Waals surface area (Å²) in [5.74, 6) is -0.433. The lowest BCUT2D eigenvalue weighted by Gasteiger charge is -2.35. The van der Waals surface area contributed by atoms with Crippen molar-refractivity contribution in [1.82, 2.24) is 20.2 Å². The van der Waals surface area contributed by atoms with Gasteiger partial charge in [0, 0.05) is 26.9 Å². The average Bonchev–Trinajstić information content (AvgIpc) is 3.18. The van der Waals surface area contributed by atoms with Gasteiger partial charge in [0.2, 0.25) is 5.91 Å². The summed E-state index contributed by atoms with van der Waals surface area (Å²) >= 11 is 1.32. The third-order valence-electron chi connectivity index (χ3n) is 4.14. The van der Waals surface area contributed by atoms with Crippen LogP contribution in [0.1, 0.15) is 22.6 Å². The monoisotopic (exact) mass is 334 g/mol. The first-order valence-electron chi connectivity index (χ1n) is 7.36. The lowest BCUT2D eigenvalue weighted by atomic mass is 9.95. The largest absolute Gasteiger partial charge is 0.382 e. The minimum Gasteiger partial charge on any atom is -0.382 e. The number of fused-ring (bicyclic) bond motifs is 1. The summed E-state index contributed by atoms with van der Waals surface area (Å²) in [6, 6.07) is 1.83. The van der Waals surface area contributed by atoms with Crippen molar-refractivity contribution in [2.24, 2.45) is 0 Å². The number of thiazole rings is 1. The van der Waals surface area contributed by atoms with E-state index in [1.165, 1.54) is 18.4 Å². The number of hydrogen-bond donors (Lipinski definition) is 1. The molecule has 1 aliphatic heterocycles. The Balaban J connectivity index is 1.97. The van der Waals surface area contributed by atoms with E-state index in [1.54, 1.807) is 24.3 Å². The van der Waals surface area contributed by atoms with Gasteiger partial charge in [0.05, 0.1) is 17.5 Å². The number of rotatable bonds is 4. The molecule has 0 aromatic carbocycles. The molecule has 1 fully saturated rings. The first-order chi connectivity index (χ1) is 11.1. The molecule has 0 bridgehead atoms. The molecule has 3 heterocycles. The van der Waals surface area contributed by atoms with Crippen LogP contribution in [0.25, 0.3) is 10.2 Å². The van der Waals surface area contributed by atoms with Crippen molar-refractivity contribution in [3.63, 3.8) is 0 Å². The highest BCUT2D eigenvalue weighted by molar-refractivity contribution is 7.20. The molecule has 0 aliphatic carbocycles. The highest BCUT2D eigenvalue weighted by Gasteiger charge is 2.50. The van der Waals surface area contributed by atoms with Gasteiger partial charge >= 0.3 is 0 Å². The molecule has 1 unspecified atom stereocenters. The lowest BCUT2D eigenvalue weighted by molar-refractivity contribution is -0.133. The van der Waals surface area contributed by atoms with Crippen LogP contribution >= 0.6 is 11.3 Å². The molecule has 2 amide bonds. The fraction of sp³-hybridized carbons (Fsp3) is 0.467. The van der Waals surface area contributed by atoms with Gasteiger partial charge in [-0.1, -0.05) is 0 Å². The van der Waals surface area contributed by atoms with Crippen molar-refractivity contribution >= 4 is 33.4 Å². The molecule has 2 aromatic heterocycles. The smallest absolute Gasteiger partial charge is 0.283 e. The van der Waals surface area contributed by atoms with E-state index < -0.39 is 5.54 Å². The van der Waals surface area contributed by atoms with E-state index in [-0.39, 0.29) is 18.4 Å².